The Balaban J connectivity index is 2.15. The first kappa shape index (κ1) is 19.5. The molecule has 0 bridgehead atoms. The van der Waals surface area contributed by atoms with Crippen molar-refractivity contribution in [3.8, 4) is 0 Å². The molecule has 0 amide bonds. The highest BCUT2D eigenvalue weighted by atomic mass is 32.2. The quantitative estimate of drug-likeness (QED) is 0.414. The van der Waals surface area contributed by atoms with Gasteiger partial charge in [-0.15, -0.1) is 0 Å². The predicted octanol–water partition coefficient (Wildman–Crippen LogP) is 1.98. The Morgan fingerprint density at radius 2 is 1.96 bits per heavy atom. The van der Waals surface area contributed by atoms with Crippen molar-refractivity contribution in [1.29, 1.82) is 0 Å². The highest BCUT2D eigenvalue weighted by Crippen LogP contribution is 2.26. The van der Waals surface area contributed by atoms with E-state index in [9.17, 15) is 27.5 Å². The van der Waals surface area contributed by atoms with Crippen LogP contribution in [0.3, 0.4) is 0 Å². The molecule has 1 aliphatic rings. The minimum absolute atomic E-state index is 0.194. The van der Waals surface area contributed by atoms with Crippen LogP contribution >= 0.6 is 0 Å². The highest BCUT2D eigenvalue weighted by molar-refractivity contribution is 7.90. The summed E-state index contributed by atoms with van der Waals surface area (Å²) in [6.07, 6.45) is 5.30. The summed E-state index contributed by atoms with van der Waals surface area (Å²) < 4.78 is 40.6. The van der Waals surface area contributed by atoms with Crippen LogP contribution in [-0.2, 0) is 30.2 Å². The number of nitro groups is 1. The molecule has 1 atom stereocenters. The second-order valence-corrected chi connectivity index (χ2v) is 9.33. The first-order valence-corrected chi connectivity index (χ1v) is 11.0. The molecule has 0 radical (unpaired) electrons. The number of hydrogen-bond donors (Lipinski definition) is 0. The molecule has 1 aromatic carbocycles. The van der Waals surface area contributed by atoms with E-state index in [-0.39, 0.29) is 15.9 Å². The first-order valence-electron chi connectivity index (χ1n) is 7.75. The molecule has 8 nitrogen and oxygen atoms in total. The summed E-state index contributed by atoms with van der Waals surface area (Å²) in [4.78, 5) is 21.8. The molecule has 1 aromatic rings. The Morgan fingerprint density at radius 1 is 1.32 bits per heavy atom. The zero-order valence-electron chi connectivity index (χ0n) is 13.7. The van der Waals surface area contributed by atoms with E-state index in [1.807, 2.05) is 0 Å². The number of benzene rings is 1. The summed E-state index contributed by atoms with van der Waals surface area (Å²) in [5.74, 6) is -1.18. The zero-order chi connectivity index (χ0) is 18.6. The molecule has 138 valence electrons. The topological polar surface area (TPSA) is 121 Å². The number of sulfone groups is 1. The number of carbonyl (C=O) groups excluding carboxylic acids is 1. The van der Waals surface area contributed by atoms with E-state index in [0.717, 1.165) is 56.6 Å². The van der Waals surface area contributed by atoms with Crippen molar-refractivity contribution in [2.45, 2.75) is 48.0 Å². The summed E-state index contributed by atoms with van der Waals surface area (Å²) in [6, 6.07) is 3.11. The maximum absolute atomic E-state index is 12.3. The summed E-state index contributed by atoms with van der Waals surface area (Å²) >= 11 is 0. The summed E-state index contributed by atoms with van der Waals surface area (Å²) in [7, 11) is -5.63. The molecular formula is C15H19NO7S2. The normalized spacial score (nSPS) is 17.0. The average molecular weight is 389 g/mol. The van der Waals surface area contributed by atoms with Gasteiger partial charge in [0.15, 0.2) is 9.84 Å². The molecule has 1 fully saturated rings. The third-order valence-corrected chi connectivity index (χ3v) is 6.34. The number of esters is 1. The van der Waals surface area contributed by atoms with Gasteiger partial charge in [-0.25, -0.2) is 8.42 Å². The number of carbonyl (C=O) groups is 1. The lowest BCUT2D eigenvalue weighted by atomic mass is 9.98. The molecule has 1 saturated carbocycles. The van der Waals surface area contributed by atoms with Crippen LogP contribution in [0.1, 0.15) is 32.1 Å². The minimum atomic E-state index is -3.64. The third-order valence-electron chi connectivity index (χ3n) is 3.90. The van der Waals surface area contributed by atoms with Gasteiger partial charge in [0.2, 0.25) is 0 Å². The van der Waals surface area contributed by atoms with Gasteiger partial charge in [0.25, 0.3) is 5.69 Å². The van der Waals surface area contributed by atoms with Crippen molar-refractivity contribution in [3.05, 3.63) is 28.3 Å². The molecule has 0 unspecified atom stereocenters. The zero-order valence-corrected chi connectivity index (χ0v) is 15.3. The number of hydrogen-bond acceptors (Lipinski definition) is 7. The summed E-state index contributed by atoms with van der Waals surface area (Å²) in [6.45, 7) is 0. The Kier molecular flexibility index (Phi) is 6.28. The number of ether oxygens (including phenoxy) is 1. The second-order valence-electron chi connectivity index (χ2n) is 5.90. The van der Waals surface area contributed by atoms with Crippen molar-refractivity contribution in [2.24, 2.45) is 0 Å². The van der Waals surface area contributed by atoms with E-state index in [0.29, 0.717) is 0 Å². The van der Waals surface area contributed by atoms with E-state index >= 15 is 0 Å². The molecule has 0 aliphatic heterocycles. The molecule has 0 aromatic heterocycles. The van der Waals surface area contributed by atoms with Gasteiger partial charge in [-0.05, 0) is 37.8 Å². The van der Waals surface area contributed by atoms with Gasteiger partial charge in [0.1, 0.15) is 16.8 Å². The molecule has 2 rings (SSSR count). The molecule has 0 N–H and O–H groups in total. The Hall–Kier alpha value is -1.81. The molecule has 0 heterocycles. The van der Waals surface area contributed by atoms with E-state index in [4.69, 9.17) is 4.74 Å². The van der Waals surface area contributed by atoms with Crippen molar-refractivity contribution < 1.29 is 27.1 Å². The fourth-order valence-corrected chi connectivity index (χ4v) is 4.32. The van der Waals surface area contributed by atoms with Crippen LogP contribution in [0.2, 0.25) is 0 Å². The first-order chi connectivity index (χ1) is 11.7. The lowest BCUT2D eigenvalue weighted by Crippen LogP contribution is -2.24. The van der Waals surface area contributed by atoms with Gasteiger partial charge in [-0.1, -0.05) is 6.42 Å². The molecular weight excluding hydrogens is 370 g/mol. The van der Waals surface area contributed by atoms with Crippen LogP contribution in [0.4, 0.5) is 5.69 Å². The van der Waals surface area contributed by atoms with Crippen molar-refractivity contribution in [2.75, 3.05) is 12.0 Å². The van der Waals surface area contributed by atoms with Crippen LogP contribution in [-0.4, -0.2) is 41.6 Å². The fourth-order valence-electron chi connectivity index (χ4n) is 2.65. The largest absolute Gasteiger partial charge is 0.462 e. The third kappa shape index (κ3) is 5.33. The van der Waals surface area contributed by atoms with Gasteiger partial charge in [-0.2, -0.15) is 0 Å². The number of rotatable bonds is 6. The van der Waals surface area contributed by atoms with Gasteiger partial charge in [-0.3, -0.25) is 19.1 Å². The molecule has 25 heavy (non-hydrogen) atoms. The van der Waals surface area contributed by atoms with Crippen molar-refractivity contribution in [3.63, 3.8) is 0 Å². The van der Waals surface area contributed by atoms with Crippen LogP contribution in [0.15, 0.2) is 28.0 Å². The fraction of sp³-hybridized carbons (Fsp3) is 0.533. The van der Waals surface area contributed by atoms with Gasteiger partial charge >= 0.3 is 5.97 Å². The maximum Gasteiger partial charge on any atom is 0.319 e. The van der Waals surface area contributed by atoms with Crippen LogP contribution in [0.5, 0.6) is 0 Å². The smallest absolute Gasteiger partial charge is 0.319 e. The van der Waals surface area contributed by atoms with Gasteiger partial charge in [0, 0.05) is 12.3 Å². The Labute approximate surface area is 148 Å². The SMILES string of the molecule is CS(=O)(=O)c1ccc([S@@](=O)CC(=O)OC2CCCCC2)c([N+](=O)[O-])c1. The van der Waals surface area contributed by atoms with Crippen LogP contribution in [0.25, 0.3) is 0 Å². The molecule has 0 saturated heterocycles. The van der Waals surface area contributed by atoms with Crippen molar-refractivity contribution in [1.82, 2.24) is 0 Å². The van der Waals surface area contributed by atoms with E-state index in [1.54, 1.807) is 0 Å². The van der Waals surface area contributed by atoms with Gasteiger partial charge in [0.05, 0.1) is 20.6 Å². The highest BCUT2D eigenvalue weighted by Gasteiger charge is 2.25. The van der Waals surface area contributed by atoms with E-state index in [2.05, 4.69) is 0 Å². The lowest BCUT2D eigenvalue weighted by Gasteiger charge is -2.21. The molecule has 1 aliphatic carbocycles. The van der Waals surface area contributed by atoms with Crippen LogP contribution in [0, 0.1) is 10.1 Å². The number of nitrogens with zero attached hydrogens (tertiary/aromatic N) is 1. The van der Waals surface area contributed by atoms with E-state index < -0.39 is 43.0 Å². The van der Waals surface area contributed by atoms with Crippen LogP contribution < -0.4 is 0 Å². The average Bonchev–Trinajstić information content (AvgIpc) is 2.54. The lowest BCUT2D eigenvalue weighted by molar-refractivity contribution is -0.388. The second kappa shape index (κ2) is 8.05. The van der Waals surface area contributed by atoms with Gasteiger partial charge < -0.3 is 4.74 Å². The number of nitro benzene ring substituents is 1. The minimum Gasteiger partial charge on any atom is -0.462 e. The summed E-state index contributed by atoms with van der Waals surface area (Å²) in [5, 5.41) is 11.2. The molecule has 10 heteroatoms. The monoisotopic (exact) mass is 389 g/mol. The predicted molar refractivity (Wildman–Crippen MR) is 90.4 cm³/mol. The standard InChI is InChI=1S/C15H19NO7S2/c1-25(21,22)12-7-8-14(13(9-12)16(18)19)24(20)10-15(17)23-11-5-3-2-4-6-11/h7-9,11H,2-6,10H2,1H3/t24-/m0/s1. The Morgan fingerprint density at radius 3 is 2.52 bits per heavy atom. The van der Waals surface area contributed by atoms with Crippen molar-refractivity contribution >= 4 is 32.3 Å². The van der Waals surface area contributed by atoms with E-state index in [1.165, 1.54) is 0 Å². The maximum atomic E-state index is 12.3. The Bertz CT molecular complexity index is 798. The summed E-state index contributed by atoms with van der Waals surface area (Å²) in [5.41, 5.74) is -0.591. The molecule has 0 spiro atoms.